The predicted molar refractivity (Wildman–Crippen MR) is 74.4 cm³/mol. The second-order valence-electron chi connectivity index (χ2n) is 3.18. The molecule has 0 aromatic heterocycles. The lowest BCUT2D eigenvalue weighted by molar-refractivity contribution is 0.287. The van der Waals surface area contributed by atoms with Gasteiger partial charge in [0.2, 0.25) is 12.2 Å². The smallest absolute Gasteiger partial charge is 0.235 e. The van der Waals surface area contributed by atoms with E-state index in [-0.39, 0.29) is 13.1 Å². The molecule has 5 heteroatoms. The number of aliphatic hydroxyl groups excluding tert-OH is 1. The number of nitrogens with zero attached hydrogens (tertiary/aromatic N) is 2. The van der Waals surface area contributed by atoms with Gasteiger partial charge < -0.3 is 5.11 Å². The summed E-state index contributed by atoms with van der Waals surface area (Å²) in [6.45, 7) is 2.84. The number of aliphatic hydroxyl groups is 1. The topological polar surface area (TPSA) is 79.1 Å². The van der Waals surface area contributed by atoms with Crippen molar-refractivity contribution in [1.29, 1.82) is 0 Å². The number of rotatable bonds is 5. The van der Waals surface area contributed by atoms with Gasteiger partial charge in [-0.25, -0.2) is 19.6 Å². The maximum absolute atomic E-state index is 9.34. The molecule has 0 radical (unpaired) electrons. The highest BCUT2D eigenvalue weighted by Crippen LogP contribution is 1.80. The fourth-order valence-corrected chi connectivity index (χ4v) is 0.734. The molecule has 0 bridgehead atoms. The van der Waals surface area contributed by atoms with Crippen molar-refractivity contribution >= 4 is 12.2 Å². The molecule has 0 unspecified atom stereocenters. The van der Waals surface area contributed by atoms with Crippen LogP contribution in [-0.4, -0.2) is 37.0 Å². The minimum atomic E-state index is 0.221. The first kappa shape index (κ1) is 19.3. The standard InChI is InChI=1S/C6H6.C4H4N2O2.C4H10O/c1-2-4-6-5-3-1;7-3-5-1-2-6-4-8;1-2-3-4-5/h1-6H;1-2H2;5H,2-4H2,1H3. The molecule has 0 amide bonds. The van der Waals surface area contributed by atoms with Crippen molar-refractivity contribution in [3.63, 3.8) is 0 Å². The fraction of sp³-hybridized carbons (Fsp3) is 0.429. The zero-order valence-electron chi connectivity index (χ0n) is 11.2. The van der Waals surface area contributed by atoms with E-state index in [1.54, 1.807) is 0 Å². The maximum atomic E-state index is 9.34. The third-order valence-corrected chi connectivity index (χ3v) is 1.63. The van der Waals surface area contributed by atoms with Gasteiger partial charge >= 0.3 is 0 Å². The fourth-order valence-electron chi connectivity index (χ4n) is 0.734. The van der Waals surface area contributed by atoms with Crippen LogP contribution in [0.2, 0.25) is 0 Å². The zero-order valence-corrected chi connectivity index (χ0v) is 11.2. The summed E-state index contributed by atoms with van der Waals surface area (Å²) in [6.07, 6.45) is 4.66. The van der Waals surface area contributed by atoms with Crippen molar-refractivity contribution in [1.82, 2.24) is 0 Å². The van der Waals surface area contributed by atoms with Crippen LogP contribution in [0.3, 0.4) is 0 Å². The van der Waals surface area contributed by atoms with E-state index in [1.165, 1.54) is 12.2 Å². The average molecular weight is 264 g/mol. The molecule has 0 aliphatic rings. The van der Waals surface area contributed by atoms with E-state index in [0.29, 0.717) is 6.61 Å². The lowest BCUT2D eigenvalue weighted by Gasteiger charge is -1.79. The highest BCUT2D eigenvalue weighted by molar-refractivity contribution is 5.34. The second-order valence-corrected chi connectivity index (χ2v) is 3.18. The van der Waals surface area contributed by atoms with Gasteiger partial charge in [-0.05, 0) is 6.42 Å². The van der Waals surface area contributed by atoms with Crippen LogP contribution < -0.4 is 0 Å². The number of aliphatic imine (C=N–C) groups is 2. The molecule has 0 spiro atoms. The van der Waals surface area contributed by atoms with Crippen LogP contribution in [-0.2, 0) is 9.59 Å². The summed E-state index contributed by atoms with van der Waals surface area (Å²) in [6, 6.07) is 12.0. The Kier molecular flexibility index (Phi) is 21.6. The summed E-state index contributed by atoms with van der Waals surface area (Å²) in [5.74, 6) is 0. The van der Waals surface area contributed by atoms with Gasteiger partial charge in [-0.15, -0.1) is 0 Å². The van der Waals surface area contributed by atoms with Crippen LogP contribution in [0.1, 0.15) is 19.8 Å². The molecule has 104 valence electrons. The zero-order chi connectivity index (χ0) is 14.6. The van der Waals surface area contributed by atoms with Crippen molar-refractivity contribution in [3.8, 4) is 0 Å². The normalized spacial score (nSPS) is 7.47. The lowest BCUT2D eigenvalue weighted by Crippen LogP contribution is -1.82. The van der Waals surface area contributed by atoms with Crippen molar-refractivity contribution in [2.45, 2.75) is 19.8 Å². The third-order valence-electron chi connectivity index (χ3n) is 1.63. The summed E-state index contributed by atoms with van der Waals surface area (Å²) in [5, 5.41) is 8.07. The maximum Gasteiger partial charge on any atom is 0.235 e. The number of hydrogen-bond donors (Lipinski definition) is 1. The number of unbranched alkanes of at least 4 members (excludes halogenated alkanes) is 1. The number of hydrogen-bond acceptors (Lipinski definition) is 5. The summed E-state index contributed by atoms with van der Waals surface area (Å²) in [4.78, 5) is 24.9. The molecule has 0 fully saturated rings. The molecule has 1 aromatic carbocycles. The molecular weight excluding hydrogens is 244 g/mol. The first-order valence-electron chi connectivity index (χ1n) is 6.01. The van der Waals surface area contributed by atoms with Crippen LogP contribution in [0.25, 0.3) is 0 Å². The quantitative estimate of drug-likeness (QED) is 0.502. The van der Waals surface area contributed by atoms with Crippen LogP contribution >= 0.6 is 0 Å². The molecule has 0 atom stereocenters. The SMILES string of the molecule is CCCCO.O=C=NCCN=C=O.c1ccccc1. The lowest BCUT2D eigenvalue weighted by atomic mass is 10.4. The van der Waals surface area contributed by atoms with E-state index >= 15 is 0 Å². The largest absolute Gasteiger partial charge is 0.396 e. The van der Waals surface area contributed by atoms with Gasteiger partial charge in [-0.3, -0.25) is 0 Å². The molecule has 0 aliphatic heterocycles. The molecule has 5 nitrogen and oxygen atoms in total. The minimum Gasteiger partial charge on any atom is -0.396 e. The molecule has 1 rings (SSSR count). The van der Waals surface area contributed by atoms with E-state index in [4.69, 9.17) is 5.11 Å². The van der Waals surface area contributed by atoms with Gasteiger partial charge in [-0.1, -0.05) is 49.7 Å². The van der Waals surface area contributed by atoms with Gasteiger partial charge in [0, 0.05) is 6.61 Å². The Morgan fingerprint density at radius 1 is 0.895 bits per heavy atom. The third kappa shape index (κ3) is 25.9. The molecule has 19 heavy (non-hydrogen) atoms. The highest BCUT2D eigenvalue weighted by Gasteiger charge is 1.73. The Balaban J connectivity index is 0. The average Bonchev–Trinajstić information content (AvgIpc) is 2.48. The predicted octanol–water partition coefficient (Wildman–Crippen LogP) is 2.12. The first-order chi connectivity index (χ1) is 9.33. The van der Waals surface area contributed by atoms with Crippen LogP contribution in [0.5, 0.6) is 0 Å². The Bertz CT molecular complexity index is 310. The molecule has 1 aromatic rings. The van der Waals surface area contributed by atoms with Crippen molar-refractivity contribution in [3.05, 3.63) is 36.4 Å². The summed E-state index contributed by atoms with van der Waals surface area (Å²) in [5.41, 5.74) is 0. The minimum absolute atomic E-state index is 0.221. The first-order valence-corrected chi connectivity index (χ1v) is 6.01. The van der Waals surface area contributed by atoms with Gasteiger partial charge in [0.15, 0.2) is 0 Å². The van der Waals surface area contributed by atoms with Crippen LogP contribution in [0.4, 0.5) is 0 Å². The highest BCUT2D eigenvalue weighted by atomic mass is 16.2. The summed E-state index contributed by atoms with van der Waals surface area (Å²) < 4.78 is 0. The molecule has 0 aliphatic carbocycles. The van der Waals surface area contributed by atoms with Crippen molar-refractivity contribution in [2.75, 3.05) is 19.7 Å². The number of isocyanates is 2. The van der Waals surface area contributed by atoms with Gasteiger partial charge in [0.1, 0.15) is 0 Å². The molecule has 0 heterocycles. The number of carbonyl (C=O) groups excluding carboxylic acids is 2. The number of benzene rings is 1. The Hall–Kier alpha value is -2.06. The molecule has 0 saturated carbocycles. The monoisotopic (exact) mass is 264 g/mol. The van der Waals surface area contributed by atoms with Gasteiger partial charge in [0.05, 0.1) is 13.1 Å². The molecular formula is C14H20N2O3. The van der Waals surface area contributed by atoms with Crippen molar-refractivity contribution in [2.24, 2.45) is 9.98 Å². The molecule has 0 saturated heterocycles. The summed E-state index contributed by atoms with van der Waals surface area (Å²) >= 11 is 0. The van der Waals surface area contributed by atoms with Gasteiger partial charge in [0.25, 0.3) is 0 Å². The van der Waals surface area contributed by atoms with Crippen LogP contribution in [0, 0.1) is 0 Å². The van der Waals surface area contributed by atoms with E-state index < -0.39 is 0 Å². The second kappa shape index (κ2) is 21.2. The Morgan fingerprint density at radius 3 is 1.42 bits per heavy atom. The molecule has 1 N–H and O–H groups in total. The van der Waals surface area contributed by atoms with E-state index in [9.17, 15) is 9.59 Å². The van der Waals surface area contributed by atoms with E-state index in [0.717, 1.165) is 12.8 Å². The van der Waals surface area contributed by atoms with Crippen LogP contribution in [0.15, 0.2) is 46.4 Å². The van der Waals surface area contributed by atoms with E-state index in [1.807, 2.05) is 36.4 Å². The van der Waals surface area contributed by atoms with Crippen molar-refractivity contribution < 1.29 is 14.7 Å². The Morgan fingerprint density at radius 2 is 1.26 bits per heavy atom. The Labute approximate surface area is 113 Å². The van der Waals surface area contributed by atoms with E-state index in [2.05, 4.69) is 16.9 Å². The summed E-state index contributed by atoms with van der Waals surface area (Å²) in [7, 11) is 0. The van der Waals surface area contributed by atoms with Gasteiger partial charge in [-0.2, -0.15) is 0 Å².